The number of aromatic nitrogens is 1. The Kier molecular flexibility index (Phi) is 7.18. The van der Waals surface area contributed by atoms with Gasteiger partial charge in [-0.3, -0.25) is 4.98 Å². The van der Waals surface area contributed by atoms with Crippen LogP contribution in [0.3, 0.4) is 0 Å². The maximum Gasteiger partial charge on any atom is 0.283 e. The summed E-state index contributed by atoms with van der Waals surface area (Å²) < 4.78 is 33.8. The first-order valence-electron chi connectivity index (χ1n) is 11.3. The first-order chi connectivity index (χ1) is 15.9. The molecule has 0 amide bonds. The molecule has 2 heterocycles. The molecule has 1 saturated carbocycles. The molecule has 1 saturated heterocycles. The van der Waals surface area contributed by atoms with Crippen molar-refractivity contribution in [1.82, 2.24) is 15.2 Å². The minimum absolute atomic E-state index is 0.0279. The number of alkyl halides is 2. The molecule has 5 nitrogen and oxygen atoms in total. The van der Waals surface area contributed by atoms with E-state index in [2.05, 4.69) is 26.7 Å². The van der Waals surface area contributed by atoms with Crippen LogP contribution in [0.1, 0.15) is 31.2 Å². The predicted octanol–water partition coefficient (Wildman–Crippen LogP) is 5.40. The standard InChI is InChI=1S/C25H31F2N4OP/c1-3-4-24(28-2)30-15-12-20(13-16-30)31(19-7-5-18(6-8-19)25(26,27)33)22-17-29-14-11-23(22)32-21-9-10-21/h3-8,11,14,17,20-21,28H,1,9-10,12-13,15-16,33H2,2H3/b24-4+. The summed E-state index contributed by atoms with van der Waals surface area (Å²) in [4.78, 5) is 8.88. The number of rotatable bonds is 9. The monoisotopic (exact) mass is 472 g/mol. The number of nitrogens with zero attached hydrogens (tertiary/aromatic N) is 3. The number of hydrogen-bond donors (Lipinski definition) is 1. The number of anilines is 2. The Morgan fingerprint density at radius 1 is 1.21 bits per heavy atom. The zero-order chi connectivity index (χ0) is 23.4. The van der Waals surface area contributed by atoms with E-state index in [0.717, 1.165) is 61.7 Å². The van der Waals surface area contributed by atoms with Crippen molar-refractivity contribution in [3.05, 3.63) is 72.8 Å². The Balaban J connectivity index is 1.64. The van der Waals surface area contributed by atoms with Gasteiger partial charge in [0.1, 0.15) is 17.3 Å². The number of piperidine rings is 1. The molecule has 2 aromatic rings. The topological polar surface area (TPSA) is 40.6 Å². The molecular formula is C25H31F2N4OP. The van der Waals surface area contributed by atoms with Gasteiger partial charge >= 0.3 is 0 Å². The quantitative estimate of drug-likeness (QED) is 0.391. The summed E-state index contributed by atoms with van der Waals surface area (Å²) in [5.74, 6) is 1.83. The number of likely N-dealkylation sites (tertiary alicyclic amines) is 1. The molecule has 1 N–H and O–H groups in total. The summed E-state index contributed by atoms with van der Waals surface area (Å²) in [7, 11) is 3.52. The number of allylic oxidation sites excluding steroid dienone is 2. The molecule has 0 spiro atoms. The van der Waals surface area contributed by atoms with Crippen molar-refractivity contribution in [1.29, 1.82) is 0 Å². The predicted molar refractivity (Wildman–Crippen MR) is 132 cm³/mol. The van der Waals surface area contributed by atoms with E-state index >= 15 is 0 Å². The van der Waals surface area contributed by atoms with Gasteiger partial charge in [-0.05, 0) is 43.9 Å². The first-order valence-corrected chi connectivity index (χ1v) is 11.9. The number of benzene rings is 1. The van der Waals surface area contributed by atoms with E-state index in [9.17, 15) is 8.78 Å². The lowest BCUT2D eigenvalue weighted by Gasteiger charge is -2.41. The van der Waals surface area contributed by atoms with Gasteiger partial charge in [-0.15, -0.1) is 0 Å². The van der Waals surface area contributed by atoms with Crippen molar-refractivity contribution < 1.29 is 13.5 Å². The second kappa shape index (κ2) is 10.1. The highest BCUT2D eigenvalue weighted by Gasteiger charge is 2.31. The van der Waals surface area contributed by atoms with Crippen molar-refractivity contribution in [3.8, 4) is 5.75 Å². The van der Waals surface area contributed by atoms with E-state index in [0.29, 0.717) is 0 Å². The third-order valence-corrected chi connectivity index (χ3v) is 6.40. The Morgan fingerprint density at radius 3 is 2.48 bits per heavy atom. The molecule has 176 valence electrons. The molecule has 8 heteroatoms. The van der Waals surface area contributed by atoms with Gasteiger partial charge in [0.25, 0.3) is 5.66 Å². The van der Waals surface area contributed by atoms with Crippen molar-refractivity contribution in [2.45, 2.75) is 43.5 Å². The van der Waals surface area contributed by atoms with E-state index < -0.39 is 5.66 Å². The fourth-order valence-electron chi connectivity index (χ4n) is 4.23. The molecule has 1 aliphatic carbocycles. The van der Waals surface area contributed by atoms with Gasteiger partial charge in [0.05, 0.1) is 12.3 Å². The van der Waals surface area contributed by atoms with Crippen molar-refractivity contribution >= 4 is 20.6 Å². The van der Waals surface area contributed by atoms with E-state index in [4.69, 9.17) is 4.74 Å². The highest BCUT2D eigenvalue weighted by Crippen LogP contribution is 2.41. The van der Waals surface area contributed by atoms with Gasteiger partial charge in [0, 0.05) is 49.7 Å². The van der Waals surface area contributed by atoms with E-state index in [1.807, 2.05) is 25.4 Å². The van der Waals surface area contributed by atoms with Crippen molar-refractivity contribution in [2.24, 2.45) is 0 Å². The van der Waals surface area contributed by atoms with Gasteiger partial charge in [-0.1, -0.05) is 34.0 Å². The molecule has 33 heavy (non-hydrogen) atoms. The molecule has 1 aliphatic heterocycles. The van der Waals surface area contributed by atoms with Crippen LogP contribution in [-0.4, -0.2) is 42.2 Å². The molecule has 1 atom stereocenters. The fraction of sp³-hybridized carbons (Fsp3) is 0.400. The third kappa shape index (κ3) is 5.64. The van der Waals surface area contributed by atoms with Crippen molar-refractivity contribution in [2.75, 3.05) is 25.0 Å². The van der Waals surface area contributed by atoms with E-state index in [1.54, 1.807) is 33.6 Å². The zero-order valence-electron chi connectivity index (χ0n) is 18.9. The van der Waals surface area contributed by atoms with Crippen LogP contribution in [0.25, 0.3) is 0 Å². The van der Waals surface area contributed by atoms with Gasteiger partial charge in [0.15, 0.2) is 0 Å². The maximum atomic E-state index is 13.8. The molecule has 2 fully saturated rings. The van der Waals surface area contributed by atoms with E-state index in [-0.39, 0.29) is 17.7 Å². The molecule has 2 aliphatic rings. The Morgan fingerprint density at radius 2 is 1.91 bits per heavy atom. The second-order valence-electron chi connectivity index (χ2n) is 8.46. The number of halogens is 2. The highest BCUT2D eigenvalue weighted by molar-refractivity contribution is 7.17. The highest BCUT2D eigenvalue weighted by atomic mass is 31.0. The molecule has 0 bridgehead atoms. The molecule has 4 rings (SSSR count). The van der Waals surface area contributed by atoms with Crippen LogP contribution < -0.4 is 15.0 Å². The molecule has 0 radical (unpaired) electrons. The average molecular weight is 473 g/mol. The lowest BCUT2D eigenvalue weighted by molar-refractivity contribution is 0.104. The molecule has 1 unspecified atom stereocenters. The van der Waals surface area contributed by atoms with Crippen LogP contribution in [0.4, 0.5) is 20.2 Å². The van der Waals surface area contributed by atoms with E-state index in [1.165, 1.54) is 12.1 Å². The zero-order valence-corrected chi connectivity index (χ0v) is 20.0. The first kappa shape index (κ1) is 23.5. The number of nitrogens with one attached hydrogen (secondary N) is 1. The lowest BCUT2D eigenvalue weighted by atomic mass is 10.0. The Bertz CT molecular complexity index is 981. The SMILES string of the molecule is C=C/C=C(\NC)N1CCC(N(c2ccc(C(F)(F)P)cc2)c2cnccc2OC2CC2)CC1. The smallest absolute Gasteiger partial charge is 0.283 e. The van der Waals surface area contributed by atoms with Gasteiger partial charge < -0.3 is 19.9 Å². The molecule has 1 aromatic carbocycles. The Hall–Kier alpha value is -2.66. The average Bonchev–Trinajstić information content (AvgIpc) is 3.63. The lowest BCUT2D eigenvalue weighted by Crippen LogP contribution is -2.44. The minimum Gasteiger partial charge on any atom is -0.488 e. The van der Waals surface area contributed by atoms with Crippen LogP contribution >= 0.6 is 9.24 Å². The minimum atomic E-state index is -2.95. The summed E-state index contributed by atoms with van der Waals surface area (Å²) in [6, 6.07) is 8.60. The van der Waals surface area contributed by atoms with Crippen LogP contribution in [0.15, 0.2) is 67.3 Å². The summed E-state index contributed by atoms with van der Waals surface area (Å²) in [6.07, 6.45) is 11.5. The second-order valence-corrected chi connectivity index (χ2v) is 9.18. The Labute approximate surface area is 196 Å². The summed E-state index contributed by atoms with van der Waals surface area (Å²) >= 11 is 0. The van der Waals surface area contributed by atoms with Gasteiger partial charge in [-0.25, -0.2) is 0 Å². The maximum absolute atomic E-state index is 13.8. The van der Waals surface area contributed by atoms with Crippen LogP contribution in [-0.2, 0) is 5.66 Å². The largest absolute Gasteiger partial charge is 0.488 e. The van der Waals surface area contributed by atoms with Gasteiger partial charge in [-0.2, -0.15) is 8.78 Å². The fourth-order valence-corrected chi connectivity index (χ4v) is 4.43. The van der Waals surface area contributed by atoms with Crippen LogP contribution in [0.5, 0.6) is 5.75 Å². The van der Waals surface area contributed by atoms with Crippen molar-refractivity contribution in [3.63, 3.8) is 0 Å². The van der Waals surface area contributed by atoms with Crippen LogP contribution in [0.2, 0.25) is 0 Å². The molecular weight excluding hydrogens is 441 g/mol. The van der Waals surface area contributed by atoms with Crippen LogP contribution in [0, 0.1) is 0 Å². The molecule has 1 aromatic heterocycles. The number of pyridine rings is 1. The number of hydrogen-bond acceptors (Lipinski definition) is 5. The summed E-state index contributed by atoms with van der Waals surface area (Å²) in [5.41, 5.74) is -1.25. The third-order valence-electron chi connectivity index (χ3n) is 6.07. The summed E-state index contributed by atoms with van der Waals surface area (Å²) in [6.45, 7) is 5.53. The summed E-state index contributed by atoms with van der Waals surface area (Å²) in [5, 5.41) is 3.24. The normalized spacial score (nSPS) is 17.6. The van der Waals surface area contributed by atoms with Gasteiger partial charge in [0.2, 0.25) is 0 Å². The number of ether oxygens (including phenoxy) is 1.